The third-order valence-corrected chi connectivity index (χ3v) is 11.7. The Morgan fingerprint density at radius 1 is 1.16 bits per heavy atom. The molecule has 0 saturated carbocycles. The van der Waals surface area contributed by atoms with Crippen molar-refractivity contribution in [2.24, 2.45) is 5.92 Å². The molecule has 0 aliphatic carbocycles. The zero-order chi connectivity index (χ0) is 30.5. The standard InChI is InChI=1S/C31H39N5O6Si/c1-20-29(43(3,4)40)27(11-14-34-19-22(13-16-37)32-33-34)42-31(20)25-17-24(41-2)9-10-26(25)36(30(31)39)18-21-5-7-23(8-6-21)35-15-12-28(35)38/h5-10,17,19-20,27,29,37,40H,11-16,18H2,1-4H3/t20-,27+,29-,31+/m1/s1. The van der Waals surface area contributed by atoms with Crippen LogP contribution in [0, 0.1) is 5.92 Å². The average Bonchev–Trinajstić information content (AvgIpc) is 3.62. The summed E-state index contributed by atoms with van der Waals surface area (Å²) in [7, 11) is -1.21. The molecule has 1 spiro atoms. The first-order chi connectivity index (χ1) is 20.6. The Labute approximate surface area is 252 Å². The zero-order valence-corrected chi connectivity index (χ0v) is 26.1. The molecular weight excluding hydrogens is 566 g/mol. The van der Waals surface area contributed by atoms with Crippen molar-refractivity contribution in [2.75, 3.05) is 30.1 Å². The second-order valence-corrected chi connectivity index (χ2v) is 16.3. The molecular formula is C31H39N5O6Si. The van der Waals surface area contributed by atoms with Crippen LogP contribution in [0.25, 0.3) is 0 Å². The number of amides is 2. The highest BCUT2D eigenvalue weighted by atomic mass is 28.4. The SMILES string of the molecule is COc1ccc2c(c1)[C@]1(O[C@@H](CCn3cc(CCO)nn3)[C@H]([Si](C)(C)O)[C@H]1C)C(=O)N2Cc1ccc(N2CCC2=O)cc1. The topological polar surface area (TPSA) is 130 Å². The number of hydrogen-bond acceptors (Lipinski definition) is 8. The minimum Gasteiger partial charge on any atom is -0.497 e. The number of carbonyl (C=O) groups excluding carboxylic acids is 2. The summed E-state index contributed by atoms with van der Waals surface area (Å²) in [6, 6.07) is 13.4. The summed E-state index contributed by atoms with van der Waals surface area (Å²) in [5.41, 5.74) is 2.53. The molecule has 4 heterocycles. The van der Waals surface area contributed by atoms with E-state index in [0.29, 0.717) is 43.8 Å². The first-order valence-electron chi connectivity index (χ1n) is 14.9. The number of aliphatic hydroxyl groups is 1. The van der Waals surface area contributed by atoms with Crippen molar-refractivity contribution >= 4 is 31.5 Å². The number of fused-ring (bicyclic) bond motifs is 2. The van der Waals surface area contributed by atoms with Crippen molar-refractivity contribution in [2.45, 2.75) is 69.6 Å². The fraction of sp³-hybridized carbons (Fsp3) is 0.484. The highest BCUT2D eigenvalue weighted by Gasteiger charge is 2.66. The number of benzene rings is 2. The number of nitrogens with zero attached hydrogens (tertiary/aromatic N) is 5. The molecule has 2 aromatic carbocycles. The van der Waals surface area contributed by atoms with Crippen LogP contribution < -0.4 is 14.5 Å². The first kappa shape index (κ1) is 29.5. The maximum absolute atomic E-state index is 14.6. The molecule has 0 unspecified atom stereocenters. The van der Waals surface area contributed by atoms with Crippen LogP contribution >= 0.6 is 0 Å². The largest absolute Gasteiger partial charge is 0.497 e. The molecule has 2 fully saturated rings. The predicted molar refractivity (Wildman–Crippen MR) is 162 cm³/mol. The third-order valence-electron chi connectivity index (χ3n) is 9.23. The summed E-state index contributed by atoms with van der Waals surface area (Å²) in [5.74, 6) is 0.301. The van der Waals surface area contributed by atoms with Gasteiger partial charge in [0.15, 0.2) is 13.9 Å². The maximum Gasteiger partial charge on any atom is 0.264 e. The smallest absolute Gasteiger partial charge is 0.264 e. The Morgan fingerprint density at radius 2 is 1.93 bits per heavy atom. The highest BCUT2D eigenvalue weighted by molar-refractivity contribution is 6.71. The summed E-state index contributed by atoms with van der Waals surface area (Å²) in [4.78, 5) is 41.6. The number of rotatable bonds is 10. The number of aromatic nitrogens is 3. The van der Waals surface area contributed by atoms with E-state index in [1.807, 2.05) is 68.7 Å². The summed E-state index contributed by atoms with van der Waals surface area (Å²) in [6.45, 7) is 7.41. The lowest BCUT2D eigenvalue weighted by Gasteiger charge is -2.32. The van der Waals surface area contributed by atoms with Crippen LogP contribution in [0.2, 0.25) is 18.6 Å². The van der Waals surface area contributed by atoms with Crippen molar-refractivity contribution in [1.82, 2.24) is 15.0 Å². The van der Waals surface area contributed by atoms with Crippen LogP contribution in [0.1, 0.15) is 36.6 Å². The van der Waals surface area contributed by atoms with Gasteiger partial charge in [-0.3, -0.25) is 14.3 Å². The van der Waals surface area contributed by atoms with Gasteiger partial charge in [0.25, 0.3) is 5.91 Å². The van der Waals surface area contributed by atoms with Gasteiger partial charge in [0, 0.05) is 61.4 Å². The van der Waals surface area contributed by atoms with Crippen LogP contribution in [-0.4, -0.2) is 71.4 Å². The predicted octanol–water partition coefficient (Wildman–Crippen LogP) is 2.99. The van der Waals surface area contributed by atoms with Crippen LogP contribution in [-0.2, 0) is 39.4 Å². The van der Waals surface area contributed by atoms with E-state index in [9.17, 15) is 19.5 Å². The van der Waals surface area contributed by atoms with Gasteiger partial charge in [-0.15, -0.1) is 5.10 Å². The number of ether oxygens (including phenoxy) is 2. The number of carbonyl (C=O) groups is 2. The van der Waals surface area contributed by atoms with Gasteiger partial charge in [0.2, 0.25) is 5.91 Å². The molecule has 228 valence electrons. The Bertz CT molecular complexity index is 1520. The molecule has 12 heteroatoms. The fourth-order valence-corrected chi connectivity index (χ4v) is 9.70. The van der Waals surface area contributed by atoms with Gasteiger partial charge >= 0.3 is 0 Å². The van der Waals surface area contributed by atoms with Crippen molar-refractivity contribution in [3.8, 4) is 5.75 Å². The average molecular weight is 606 g/mol. The van der Waals surface area contributed by atoms with E-state index in [1.165, 1.54) is 0 Å². The van der Waals surface area contributed by atoms with Gasteiger partial charge in [-0.05, 0) is 55.4 Å². The lowest BCUT2D eigenvalue weighted by atomic mass is 9.82. The van der Waals surface area contributed by atoms with E-state index in [4.69, 9.17) is 9.47 Å². The van der Waals surface area contributed by atoms with Crippen LogP contribution in [0.5, 0.6) is 5.75 Å². The maximum atomic E-state index is 14.6. The van der Waals surface area contributed by atoms with Crippen molar-refractivity contribution < 1.29 is 29.0 Å². The Balaban J connectivity index is 1.32. The van der Waals surface area contributed by atoms with Crippen molar-refractivity contribution in [3.63, 3.8) is 0 Å². The number of aliphatic hydroxyl groups excluding tert-OH is 1. The molecule has 2 N–H and O–H groups in total. The third kappa shape index (κ3) is 5.05. The quantitative estimate of drug-likeness (QED) is 0.267. The summed E-state index contributed by atoms with van der Waals surface area (Å²) in [5, 5.41) is 17.5. The van der Waals surface area contributed by atoms with Crippen LogP contribution in [0.15, 0.2) is 48.7 Å². The molecule has 3 aromatic rings. The summed E-state index contributed by atoms with van der Waals surface area (Å²) < 4.78 is 14.2. The van der Waals surface area contributed by atoms with E-state index < -0.39 is 13.9 Å². The molecule has 3 aliphatic rings. The molecule has 1 aromatic heterocycles. The number of aryl methyl sites for hydroxylation is 1. The molecule has 3 aliphatic heterocycles. The molecule has 43 heavy (non-hydrogen) atoms. The summed E-state index contributed by atoms with van der Waals surface area (Å²) in [6.07, 6.45) is 2.97. The molecule has 4 atom stereocenters. The van der Waals surface area contributed by atoms with E-state index in [2.05, 4.69) is 10.3 Å². The van der Waals surface area contributed by atoms with E-state index >= 15 is 0 Å². The fourth-order valence-electron chi connectivity index (χ4n) is 7.10. The van der Waals surface area contributed by atoms with Gasteiger partial charge in [-0.2, -0.15) is 0 Å². The number of anilines is 2. The Morgan fingerprint density at radius 3 is 2.56 bits per heavy atom. The normalized spacial score (nSPS) is 25.0. The molecule has 6 rings (SSSR count). The summed E-state index contributed by atoms with van der Waals surface area (Å²) >= 11 is 0. The van der Waals surface area contributed by atoms with Gasteiger partial charge in [-0.25, -0.2) is 0 Å². The lowest BCUT2D eigenvalue weighted by molar-refractivity contribution is -0.146. The van der Waals surface area contributed by atoms with Gasteiger partial charge in [0.05, 0.1) is 31.1 Å². The number of β-lactam (4-membered cyclic amide) rings is 1. The number of methoxy groups -OCH3 is 1. The second kappa shape index (κ2) is 11.2. The van der Waals surface area contributed by atoms with Gasteiger partial charge in [-0.1, -0.05) is 24.3 Å². The number of hydrogen-bond donors (Lipinski definition) is 2. The van der Waals surface area contributed by atoms with Gasteiger partial charge in [0.1, 0.15) is 5.75 Å². The molecule has 2 amide bonds. The van der Waals surface area contributed by atoms with Crippen molar-refractivity contribution in [1.29, 1.82) is 0 Å². The minimum absolute atomic E-state index is 0.000582. The van der Waals surface area contributed by atoms with Crippen LogP contribution in [0.3, 0.4) is 0 Å². The second-order valence-electron chi connectivity index (χ2n) is 12.3. The molecule has 11 nitrogen and oxygen atoms in total. The molecule has 0 bridgehead atoms. The molecule has 0 radical (unpaired) electrons. The Hall–Kier alpha value is -3.58. The van der Waals surface area contributed by atoms with Gasteiger partial charge < -0.3 is 29.2 Å². The highest BCUT2D eigenvalue weighted by Crippen LogP contribution is 2.60. The van der Waals surface area contributed by atoms with E-state index in [-0.39, 0.29) is 36.0 Å². The van der Waals surface area contributed by atoms with Crippen molar-refractivity contribution in [3.05, 3.63) is 65.5 Å². The van der Waals surface area contributed by atoms with E-state index in [1.54, 1.807) is 21.6 Å². The van der Waals surface area contributed by atoms with E-state index in [0.717, 1.165) is 29.0 Å². The zero-order valence-electron chi connectivity index (χ0n) is 25.1. The monoisotopic (exact) mass is 605 g/mol. The first-order valence-corrected chi connectivity index (χ1v) is 17.9. The Kier molecular flexibility index (Phi) is 7.65. The van der Waals surface area contributed by atoms with Crippen LogP contribution in [0.4, 0.5) is 11.4 Å². The minimum atomic E-state index is -2.82. The molecule has 2 saturated heterocycles. The lowest BCUT2D eigenvalue weighted by Crippen LogP contribution is -2.46.